The second-order valence-corrected chi connectivity index (χ2v) is 12.9. The van der Waals surface area contributed by atoms with Crippen molar-refractivity contribution in [2.45, 2.75) is 31.6 Å². The first kappa shape index (κ1) is 30.1. The highest BCUT2D eigenvalue weighted by Crippen LogP contribution is 2.40. The van der Waals surface area contributed by atoms with Gasteiger partial charge in [-0.25, -0.2) is 37.5 Å². The number of halogens is 1. The summed E-state index contributed by atoms with van der Waals surface area (Å²) in [4.78, 5) is 30.2. The summed E-state index contributed by atoms with van der Waals surface area (Å²) in [6.07, 6.45) is 3.71. The van der Waals surface area contributed by atoms with E-state index in [0.29, 0.717) is 58.1 Å². The van der Waals surface area contributed by atoms with Gasteiger partial charge in [-0.05, 0) is 55.7 Å². The lowest BCUT2D eigenvalue weighted by atomic mass is 10.0. The Bertz CT molecular complexity index is 1980. The maximum Gasteiger partial charge on any atom is 0.407 e. The van der Waals surface area contributed by atoms with Crippen molar-refractivity contribution in [2.75, 3.05) is 23.1 Å². The molecule has 0 radical (unpaired) electrons. The average molecular weight is 650 g/mol. The number of fused-ring (bicyclic) bond motifs is 1. The van der Waals surface area contributed by atoms with E-state index in [-0.39, 0.29) is 17.6 Å². The zero-order valence-electron chi connectivity index (χ0n) is 24.0. The van der Waals surface area contributed by atoms with Crippen LogP contribution in [0.2, 0.25) is 0 Å². The van der Waals surface area contributed by atoms with Crippen LogP contribution in [-0.2, 0) is 15.8 Å². The smallest absolute Gasteiger partial charge is 0.407 e. The summed E-state index contributed by atoms with van der Waals surface area (Å²) in [5.41, 5.74) is 3.49. The summed E-state index contributed by atoms with van der Waals surface area (Å²) in [6, 6.07) is 11.2. The van der Waals surface area contributed by atoms with E-state index in [1.165, 1.54) is 33.9 Å². The molecule has 3 aromatic heterocycles. The number of likely N-dealkylation sites (tertiary alicyclic amines) is 1. The molecule has 15 heteroatoms. The first-order chi connectivity index (χ1) is 21.7. The minimum Gasteiger partial charge on any atom is -0.465 e. The van der Waals surface area contributed by atoms with Gasteiger partial charge in [-0.2, -0.15) is 0 Å². The fourth-order valence-electron chi connectivity index (χ4n) is 5.19. The highest BCUT2D eigenvalue weighted by molar-refractivity contribution is 7.91. The minimum absolute atomic E-state index is 0.137. The third-order valence-corrected chi connectivity index (χ3v) is 9.13. The Morgan fingerprint density at radius 2 is 1.98 bits per heavy atom. The van der Waals surface area contributed by atoms with Crippen LogP contribution in [0.5, 0.6) is 11.6 Å². The number of carboxylic acid groups (broad SMARTS) is 1. The fourth-order valence-corrected chi connectivity index (χ4v) is 6.99. The summed E-state index contributed by atoms with van der Waals surface area (Å²) < 4.78 is 49.7. The summed E-state index contributed by atoms with van der Waals surface area (Å²) in [6.45, 7) is 2.64. The van der Waals surface area contributed by atoms with Crippen molar-refractivity contribution in [2.24, 2.45) is 0 Å². The third-order valence-electron chi connectivity index (χ3n) is 7.30. The van der Waals surface area contributed by atoms with Gasteiger partial charge < -0.3 is 20.1 Å². The zero-order valence-corrected chi connectivity index (χ0v) is 25.6. The van der Waals surface area contributed by atoms with Crippen LogP contribution in [0.3, 0.4) is 0 Å². The van der Waals surface area contributed by atoms with Gasteiger partial charge >= 0.3 is 6.09 Å². The molecule has 1 fully saturated rings. The standard InChI is InChI=1S/C30H28FN7O5S2/c1-18-6-7-21-22(8-9-24(31)26(21)37-45(41,42)16-20-15-44-17-34-20)27(18)43-28-23(5-2-11-32-28)25-10-12-33-29(36-25)35-19-4-3-13-38(14-19)30(39)40/h2,5-12,15,17,19,37H,3-4,13-14,16H2,1H3,(H,39,40)(H,33,35,36). The first-order valence-corrected chi connectivity index (χ1v) is 16.6. The van der Waals surface area contributed by atoms with Crippen molar-refractivity contribution in [3.8, 4) is 22.9 Å². The molecule has 0 bridgehead atoms. The number of carbonyl (C=O) groups is 1. The number of anilines is 2. The van der Waals surface area contributed by atoms with Crippen LogP contribution >= 0.6 is 11.3 Å². The SMILES string of the molecule is Cc1ccc2c(NS(=O)(=O)Cc3cscn3)c(F)ccc2c1Oc1ncccc1-c1ccnc(NC2CCCN(C(=O)O)C2)n1. The van der Waals surface area contributed by atoms with Gasteiger partial charge in [0.25, 0.3) is 0 Å². The number of hydrogen-bond acceptors (Lipinski definition) is 10. The van der Waals surface area contributed by atoms with Crippen molar-refractivity contribution < 1.29 is 27.4 Å². The number of amides is 1. The molecular weight excluding hydrogens is 622 g/mol. The number of hydrogen-bond donors (Lipinski definition) is 3. The molecule has 1 atom stereocenters. The average Bonchev–Trinajstić information content (AvgIpc) is 3.52. The van der Waals surface area contributed by atoms with Gasteiger partial charge in [-0.3, -0.25) is 4.72 Å². The van der Waals surface area contributed by atoms with Crippen LogP contribution in [-0.4, -0.2) is 63.6 Å². The molecule has 232 valence electrons. The molecule has 5 aromatic rings. The van der Waals surface area contributed by atoms with Crippen molar-refractivity contribution in [1.82, 2.24) is 24.8 Å². The second-order valence-electron chi connectivity index (χ2n) is 10.5. The van der Waals surface area contributed by atoms with Gasteiger partial charge in [0.1, 0.15) is 17.3 Å². The van der Waals surface area contributed by atoms with Crippen LogP contribution in [0.4, 0.5) is 20.8 Å². The molecule has 1 aliphatic rings. The zero-order chi connectivity index (χ0) is 31.6. The van der Waals surface area contributed by atoms with Crippen molar-refractivity contribution >= 4 is 49.9 Å². The number of sulfonamides is 1. The molecular formula is C30H28FN7O5S2. The first-order valence-electron chi connectivity index (χ1n) is 14.0. The number of thiazole rings is 1. The highest BCUT2D eigenvalue weighted by atomic mass is 32.2. The number of aryl methyl sites for hydroxylation is 1. The Morgan fingerprint density at radius 3 is 2.78 bits per heavy atom. The van der Waals surface area contributed by atoms with E-state index in [0.717, 1.165) is 12.8 Å². The third kappa shape index (κ3) is 6.78. The van der Waals surface area contributed by atoms with E-state index in [1.54, 1.807) is 48.1 Å². The number of ether oxygens (including phenoxy) is 1. The van der Waals surface area contributed by atoms with Crippen LogP contribution in [0.15, 0.2) is 65.7 Å². The number of aromatic nitrogens is 4. The Labute approximate surface area is 262 Å². The molecule has 12 nitrogen and oxygen atoms in total. The Morgan fingerprint density at radius 1 is 1.13 bits per heavy atom. The lowest BCUT2D eigenvalue weighted by molar-refractivity contribution is 0.132. The summed E-state index contributed by atoms with van der Waals surface area (Å²) >= 11 is 1.27. The fraction of sp³-hybridized carbons (Fsp3) is 0.233. The molecule has 2 aromatic carbocycles. The van der Waals surface area contributed by atoms with Gasteiger partial charge in [0.2, 0.25) is 21.9 Å². The summed E-state index contributed by atoms with van der Waals surface area (Å²) in [7, 11) is -3.97. The molecule has 1 amide bonds. The van der Waals surface area contributed by atoms with Crippen LogP contribution in [0, 0.1) is 12.7 Å². The van der Waals surface area contributed by atoms with Crippen LogP contribution < -0.4 is 14.8 Å². The van der Waals surface area contributed by atoms with E-state index in [2.05, 4.69) is 30.0 Å². The summed E-state index contributed by atoms with van der Waals surface area (Å²) in [5, 5.41) is 15.0. The number of benzene rings is 2. The summed E-state index contributed by atoms with van der Waals surface area (Å²) in [5.74, 6) is -0.194. The maximum absolute atomic E-state index is 15.1. The number of rotatable bonds is 9. The van der Waals surface area contributed by atoms with E-state index >= 15 is 4.39 Å². The maximum atomic E-state index is 15.1. The number of nitrogens with zero attached hydrogens (tertiary/aromatic N) is 5. The molecule has 3 N–H and O–H groups in total. The lowest BCUT2D eigenvalue weighted by Crippen LogP contribution is -2.44. The van der Waals surface area contributed by atoms with Gasteiger partial charge in [-0.15, -0.1) is 11.3 Å². The predicted octanol–water partition coefficient (Wildman–Crippen LogP) is 5.88. The molecule has 45 heavy (non-hydrogen) atoms. The largest absolute Gasteiger partial charge is 0.465 e. The van der Waals surface area contributed by atoms with Gasteiger partial charge in [-0.1, -0.05) is 12.1 Å². The van der Waals surface area contributed by atoms with Crippen molar-refractivity contribution in [1.29, 1.82) is 0 Å². The van der Waals surface area contributed by atoms with E-state index in [4.69, 9.17) is 4.74 Å². The molecule has 0 aliphatic carbocycles. The Kier molecular flexibility index (Phi) is 8.45. The molecule has 0 saturated carbocycles. The van der Waals surface area contributed by atoms with Crippen molar-refractivity contribution in [3.63, 3.8) is 0 Å². The highest BCUT2D eigenvalue weighted by Gasteiger charge is 2.24. The lowest BCUT2D eigenvalue weighted by Gasteiger charge is -2.31. The second kappa shape index (κ2) is 12.6. The number of pyridine rings is 1. The van der Waals surface area contributed by atoms with E-state index in [1.807, 2.05) is 6.92 Å². The molecule has 1 unspecified atom stereocenters. The molecule has 1 aliphatic heterocycles. The normalized spacial score (nSPS) is 15.2. The van der Waals surface area contributed by atoms with E-state index in [9.17, 15) is 18.3 Å². The van der Waals surface area contributed by atoms with Crippen LogP contribution in [0.1, 0.15) is 24.1 Å². The van der Waals surface area contributed by atoms with Gasteiger partial charge in [0.15, 0.2) is 0 Å². The predicted molar refractivity (Wildman–Crippen MR) is 169 cm³/mol. The van der Waals surface area contributed by atoms with Crippen LogP contribution in [0.25, 0.3) is 22.0 Å². The van der Waals surface area contributed by atoms with Crippen molar-refractivity contribution in [3.05, 3.63) is 82.8 Å². The molecule has 0 spiro atoms. The Balaban J connectivity index is 1.30. The Hall–Kier alpha value is -4.89. The monoisotopic (exact) mass is 649 g/mol. The minimum atomic E-state index is -3.97. The number of nitrogens with one attached hydrogen (secondary N) is 2. The number of piperidine rings is 1. The molecule has 6 rings (SSSR count). The van der Waals surface area contributed by atoms with Gasteiger partial charge in [0, 0.05) is 47.7 Å². The van der Waals surface area contributed by atoms with Gasteiger partial charge in [0.05, 0.1) is 28.1 Å². The van der Waals surface area contributed by atoms with E-state index < -0.39 is 27.7 Å². The molecule has 1 saturated heterocycles. The quantitative estimate of drug-likeness (QED) is 0.176. The topological polar surface area (TPSA) is 160 Å². The molecule has 4 heterocycles.